The van der Waals surface area contributed by atoms with E-state index < -0.39 is 29.7 Å². The van der Waals surface area contributed by atoms with Crippen molar-refractivity contribution in [1.82, 2.24) is 30.5 Å². The second-order valence-electron chi connectivity index (χ2n) is 7.32. The number of amides is 4. The monoisotopic (exact) mass is 483 g/mol. The van der Waals surface area contributed by atoms with Crippen molar-refractivity contribution >= 4 is 41.0 Å². The summed E-state index contributed by atoms with van der Waals surface area (Å²) in [4.78, 5) is 61.7. The predicted octanol–water partition coefficient (Wildman–Crippen LogP) is 1.07. The van der Waals surface area contributed by atoms with Gasteiger partial charge in [0, 0.05) is 44.2 Å². The molecular formula is C22H22ClN7O4. The number of rotatable bonds is 7. The molecule has 4 amide bonds. The normalized spacial score (nSPS) is 11.3. The molecule has 0 saturated carbocycles. The van der Waals surface area contributed by atoms with Crippen molar-refractivity contribution in [3.63, 3.8) is 0 Å². The Hall–Kier alpha value is -4.25. The highest BCUT2D eigenvalue weighted by atomic mass is 35.5. The first-order chi connectivity index (χ1) is 16.2. The summed E-state index contributed by atoms with van der Waals surface area (Å²) in [6.45, 7) is -0.297. The van der Waals surface area contributed by atoms with E-state index in [2.05, 4.69) is 30.9 Å². The first-order valence-corrected chi connectivity index (χ1v) is 10.4. The van der Waals surface area contributed by atoms with Gasteiger partial charge in [0.1, 0.15) is 11.9 Å². The predicted molar refractivity (Wildman–Crippen MR) is 125 cm³/mol. The van der Waals surface area contributed by atoms with Crippen molar-refractivity contribution < 1.29 is 19.2 Å². The highest BCUT2D eigenvalue weighted by Gasteiger charge is 2.25. The van der Waals surface area contributed by atoms with Crippen molar-refractivity contribution in [2.45, 2.75) is 6.04 Å². The number of H-pyrrole nitrogens is 1. The quantitative estimate of drug-likeness (QED) is 0.369. The number of carbonyl (C=O) groups excluding carboxylic acids is 4. The van der Waals surface area contributed by atoms with Gasteiger partial charge in [0.2, 0.25) is 5.91 Å². The number of aromatic nitrogens is 3. The third kappa shape index (κ3) is 6.39. The van der Waals surface area contributed by atoms with Gasteiger partial charge in [0.25, 0.3) is 5.91 Å². The fourth-order valence-corrected chi connectivity index (χ4v) is 2.97. The van der Waals surface area contributed by atoms with Crippen LogP contribution in [0.4, 0.5) is 5.82 Å². The molecule has 3 aromatic rings. The van der Waals surface area contributed by atoms with E-state index in [0.29, 0.717) is 10.6 Å². The van der Waals surface area contributed by atoms with Gasteiger partial charge in [-0.2, -0.15) is 0 Å². The van der Waals surface area contributed by atoms with Gasteiger partial charge in [0.05, 0.1) is 17.0 Å². The smallest absolute Gasteiger partial charge is 0.314 e. The van der Waals surface area contributed by atoms with Gasteiger partial charge in [-0.05, 0) is 24.3 Å². The summed E-state index contributed by atoms with van der Waals surface area (Å²) < 4.78 is 0. The summed E-state index contributed by atoms with van der Waals surface area (Å²) in [6.07, 6.45) is 4.59. The number of benzene rings is 1. The zero-order valence-electron chi connectivity index (χ0n) is 18.3. The average Bonchev–Trinajstić information content (AvgIpc) is 3.37. The van der Waals surface area contributed by atoms with Crippen LogP contribution < -0.4 is 16.0 Å². The third-order valence-corrected chi connectivity index (χ3v) is 4.85. The molecule has 0 fully saturated rings. The van der Waals surface area contributed by atoms with Gasteiger partial charge in [-0.25, -0.2) is 9.97 Å². The molecule has 2 heterocycles. The number of hydrogen-bond acceptors (Lipinski definition) is 6. The van der Waals surface area contributed by atoms with Crippen LogP contribution in [0.15, 0.2) is 55.1 Å². The van der Waals surface area contributed by atoms with Crippen molar-refractivity contribution in [2.75, 3.05) is 26.0 Å². The molecule has 0 bridgehead atoms. The molecule has 0 aliphatic carbocycles. The van der Waals surface area contributed by atoms with Crippen molar-refractivity contribution in [3.8, 4) is 11.3 Å². The summed E-state index contributed by atoms with van der Waals surface area (Å²) in [7, 11) is 3.03. The number of pyridine rings is 1. The number of hydrogen-bond donors (Lipinski definition) is 4. The lowest BCUT2D eigenvalue weighted by molar-refractivity contribution is -0.136. The number of halogens is 1. The molecule has 176 valence electrons. The number of aromatic amines is 1. The van der Waals surface area contributed by atoms with Gasteiger partial charge in [-0.1, -0.05) is 23.7 Å². The van der Waals surface area contributed by atoms with Crippen LogP contribution >= 0.6 is 11.6 Å². The van der Waals surface area contributed by atoms with Crippen LogP contribution in [0.1, 0.15) is 10.4 Å². The van der Waals surface area contributed by atoms with E-state index in [0.717, 1.165) is 11.3 Å². The Morgan fingerprint density at radius 2 is 1.76 bits per heavy atom. The molecule has 0 radical (unpaired) electrons. The minimum Gasteiger partial charge on any atom is -0.351 e. The van der Waals surface area contributed by atoms with Crippen LogP contribution in [0.25, 0.3) is 11.3 Å². The third-order valence-electron chi connectivity index (χ3n) is 4.63. The Morgan fingerprint density at radius 1 is 1.03 bits per heavy atom. The molecule has 1 atom stereocenters. The molecule has 12 heteroatoms. The number of nitrogens with zero attached hydrogens (tertiary/aromatic N) is 3. The highest BCUT2D eigenvalue weighted by molar-refractivity contribution is 6.39. The second kappa shape index (κ2) is 11.1. The largest absolute Gasteiger partial charge is 0.351 e. The van der Waals surface area contributed by atoms with E-state index in [1.54, 1.807) is 36.8 Å². The zero-order valence-corrected chi connectivity index (χ0v) is 19.1. The Labute approximate surface area is 199 Å². The molecule has 0 spiro atoms. The van der Waals surface area contributed by atoms with Crippen LogP contribution in [0.5, 0.6) is 0 Å². The number of carbonyl (C=O) groups is 4. The summed E-state index contributed by atoms with van der Waals surface area (Å²) in [5.41, 5.74) is 1.85. The zero-order chi connectivity index (χ0) is 24.7. The molecule has 0 saturated heterocycles. The van der Waals surface area contributed by atoms with Gasteiger partial charge >= 0.3 is 11.8 Å². The molecule has 3 rings (SSSR count). The van der Waals surface area contributed by atoms with Gasteiger partial charge < -0.3 is 25.8 Å². The topological polar surface area (TPSA) is 149 Å². The fourth-order valence-electron chi connectivity index (χ4n) is 2.86. The lowest BCUT2D eigenvalue weighted by atomic mass is 10.1. The van der Waals surface area contributed by atoms with Crippen molar-refractivity contribution in [3.05, 3.63) is 65.7 Å². The maximum Gasteiger partial charge on any atom is 0.314 e. The standard InChI is InChI=1S/C22H22ClN7O4/c1-30(2)22(34)17(11-26-20(32)21(33)29-18-8-7-15(23)9-25-18)28-19(31)14-5-3-13(4-6-14)16-10-24-12-27-16/h3-10,12,17H,11H2,1-2H3,(H,24,27)(H,26,32)(H,28,31)(H,25,29,33). The molecule has 34 heavy (non-hydrogen) atoms. The maximum atomic E-state index is 12.7. The van der Waals surface area contributed by atoms with Gasteiger partial charge in [-0.15, -0.1) is 0 Å². The number of likely N-dealkylation sites (N-methyl/N-ethyl adjacent to an activating group) is 1. The molecule has 1 unspecified atom stereocenters. The lowest BCUT2D eigenvalue weighted by Gasteiger charge is -2.22. The Balaban J connectivity index is 1.61. The van der Waals surface area contributed by atoms with Crippen molar-refractivity contribution in [2.24, 2.45) is 0 Å². The summed E-state index contributed by atoms with van der Waals surface area (Å²) >= 11 is 5.74. The Kier molecular flexibility index (Phi) is 7.93. The van der Waals surface area contributed by atoms with Crippen LogP contribution in [0, 0.1) is 0 Å². The van der Waals surface area contributed by atoms with Crippen LogP contribution in [-0.4, -0.2) is 70.2 Å². The summed E-state index contributed by atoms with van der Waals surface area (Å²) in [6, 6.07) is 8.49. The van der Waals surface area contributed by atoms with Gasteiger partial charge in [0.15, 0.2) is 0 Å². The molecule has 2 aromatic heterocycles. The first kappa shape index (κ1) is 24.4. The van der Waals surface area contributed by atoms with Gasteiger partial charge in [-0.3, -0.25) is 19.2 Å². The van der Waals surface area contributed by atoms with Crippen LogP contribution in [0.2, 0.25) is 5.02 Å². The minimum absolute atomic E-state index is 0.136. The van der Waals surface area contributed by atoms with Crippen molar-refractivity contribution in [1.29, 1.82) is 0 Å². The Bertz CT molecular complexity index is 1160. The van der Waals surface area contributed by atoms with E-state index in [9.17, 15) is 19.2 Å². The molecular weight excluding hydrogens is 462 g/mol. The fraction of sp³-hybridized carbons (Fsp3) is 0.182. The minimum atomic E-state index is -1.10. The number of imidazole rings is 1. The van der Waals surface area contributed by atoms with E-state index in [1.165, 1.54) is 37.3 Å². The van der Waals surface area contributed by atoms with Crippen LogP contribution in [0.3, 0.4) is 0 Å². The van der Waals surface area contributed by atoms with E-state index in [4.69, 9.17) is 11.6 Å². The van der Waals surface area contributed by atoms with E-state index in [-0.39, 0.29) is 12.4 Å². The molecule has 1 aromatic carbocycles. The first-order valence-electron chi connectivity index (χ1n) is 10.1. The number of nitrogens with one attached hydrogen (secondary N) is 4. The Morgan fingerprint density at radius 3 is 2.35 bits per heavy atom. The summed E-state index contributed by atoms with van der Waals surface area (Å²) in [5, 5.41) is 7.64. The highest BCUT2D eigenvalue weighted by Crippen LogP contribution is 2.16. The summed E-state index contributed by atoms with van der Waals surface area (Å²) in [5.74, 6) is -2.81. The lowest BCUT2D eigenvalue weighted by Crippen LogP contribution is -2.53. The molecule has 4 N–H and O–H groups in total. The maximum absolute atomic E-state index is 12.7. The van der Waals surface area contributed by atoms with Crippen LogP contribution in [-0.2, 0) is 14.4 Å². The molecule has 11 nitrogen and oxygen atoms in total. The van der Waals surface area contributed by atoms with E-state index in [1.807, 2.05) is 0 Å². The van der Waals surface area contributed by atoms with E-state index >= 15 is 0 Å². The number of anilines is 1. The molecule has 0 aliphatic rings. The molecule has 0 aliphatic heterocycles. The SMILES string of the molecule is CN(C)C(=O)C(CNC(=O)C(=O)Nc1ccc(Cl)cn1)NC(=O)c1ccc(-c2c[nH]cn2)cc1. The average molecular weight is 484 g/mol. The second-order valence-corrected chi connectivity index (χ2v) is 7.75.